The number of oxazole rings is 1. The molecular weight excluding hydrogens is 322 g/mol. The maximum absolute atomic E-state index is 6.02. The Labute approximate surface area is 154 Å². The number of rotatable bonds is 3. The Hall–Kier alpha value is -2.33. The van der Waals surface area contributed by atoms with E-state index in [2.05, 4.69) is 40.1 Å². The zero-order valence-corrected chi connectivity index (χ0v) is 15.1. The van der Waals surface area contributed by atoms with Crippen LogP contribution < -0.4 is 4.90 Å². The summed E-state index contributed by atoms with van der Waals surface area (Å²) in [6, 6.07) is 19.5. The van der Waals surface area contributed by atoms with Gasteiger partial charge in [-0.2, -0.15) is 0 Å². The summed E-state index contributed by atoms with van der Waals surface area (Å²) in [4.78, 5) is 9.92. The molecule has 1 saturated heterocycles. The van der Waals surface area contributed by atoms with Crippen LogP contribution in [0.2, 0.25) is 0 Å². The van der Waals surface area contributed by atoms with Gasteiger partial charge in [0.2, 0.25) is 0 Å². The van der Waals surface area contributed by atoms with E-state index in [4.69, 9.17) is 9.40 Å². The molecule has 2 heterocycles. The summed E-state index contributed by atoms with van der Waals surface area (Å²) in [7, 11) is 0. The number of anilines is 1. The Kier molecular flexibility index (Phi) is 4.13. The summed E-state index contributed by atoms with van der Waals surface area (Å²) >= 11 is 0. The molecule has 26 heavy (non-hydrogen) atoms. The van der Waals surface area contributed by atoms with Crippen LogP contribution in [0, 0.1) is 0 Å². The molecule has 5 rings (SSSR count). The number of para-hydroxylation sites is 3. The molecule has 1 aliphatic heterocycles. The third kappa shape index (κ3) is 2.99. The van der Waals surface area contributed by atoms with E-state index in [0.29, 0.717) is 12.0 Å². The molecule has 0 bridgehead atoms. The monoisotopic (exact) mass is 347 g/mol. The van der Waals surface area contributed by atoms with Crippen molar-refractivity contribution in [2.24, 2.45) is 0 Å². The van der Waals surface area contributed by atoms with E-state index < -0.39 is 0 Å². The summed E-state index contributed by atoms with van der Waals surface area (Å²) in [5.74, 6) is 1.41. The molecule has 3 aromatic rings. The molecule has 4 heteroatoms. The van der Waals surface area contributed by atoms with Gasteiger partial charge in [0.05, 0.1) is 0 Å². The Morgan fingerprint density at radius 2 is 1.62 bits per heavy atom. The zero-order valence-electron chi connectivity index (χ0n) is 15.1. The fourth-order valence-electron chi connectivity index (χ4n) is 4.56. The molecule has 2 aliphatic rings. The van der Waals surface area contributed by atoms with Gasteiger partial charge in [-0.25, -0.2) is 4.98 Å². The fraction of sp³-hybridized carbons (Fsp3) is 0.409. The maximum atomic E-state index is 6.02. The van der Waals surface area contributed by atoms with Crippen LogP contribution in [0.5, 0.6) is 0 Å². The van der Waals surface area contributed by atoms with Crippen molar-refractivity contribution < 1.29 is 4.42 Å². The van der Waals surface area contributed by atoms with Gasteiger partial charge < -0.3 is 9.32 Å². The van der Waals surface area contributed by atoms with E-state index >= 15 is 0 Å². The first kappa shape index (κ1) is 15.9. The lowest BCUT2D eigenvalue weighted by Crippen LogP contribution is -2.49. The lowest BCUT2D eigenvalue weighted by molar-refractivity contribution is 0.185. The van der Waals surface area contributed by atoms with Crippen molar-refractivity contribution in [1.29, 1.82) is 0 Å². The summed E-state index contributed by atoms with van der Waals surface area (Å²) < 4.78 is 6.02. The van der Waals surface area contributed by atoms with E-state index in [1.807, 2.05) is 24.3 Å². The van der Waals surface area contributed by atoms with Crippen molar-refractivity contribution in [1.82, 2.24) is 9.88 Å². The number of aromatic nitrogens is 1. The largest absolute Gasteiger partial charge is 0.440 e. The fourth-order valence-corrected chi connectivity index (χ4v) is 4.56. The molecule has 0 N–H and O–H groups in total. The maximum Gasteiger partial charge on any atom is 0.198 e. The van der Waals surface area contributed by atoms with Gasteiger partial charge in [-0.05, 0) is 43.5 Å². The van der Waals surface area contributed by atoms with Crippen LogP contribution in [-0.4, -0.2) is 42.1 Å². The van der Waals surface area contributed by atoms with E-state index in [1.54, 1.807) is 0 Å². The molecule has 0 radical (unpaired) electrons. The predicted octanol–water partition coefficient (Wildman–Crippen LogP) is 4.29. The van der Waals surface area contributed by atoms with E-state index in [1.165, 1.54) is 24.9 Å². The Morgan fingerprint density at radius 1 is 0.846 bits per heavy atom. The smallest absolute Gasteiger partial charge is 0.198 e. The summed E-state index contributed by atoms with van der Waals surface area (Å²) in [5, 5.41) is 0. The van der Waals surface area contributed by atoms with Crippen LogP contribution in [0.25, 0.3) is 11.1 Å². The van der Waals surface area contributed by atoms with Crippen LogP contribution in [-0.2, 0) is 0 Å². The van der Waals surface area contributed by atoms with Crippen molar-refractivity contribution in [2.75, 3.05) is 31.1 Å². The average Bonchev–Trinajstić information content (AvgIpc) is 3.36. The first-order valence-electron chi connectivity index (χ1n) is 9.76. The van der Waals surface area contributed by atoms with Crippen LogP contribution in [0.1, 0.15) is 31.1 Å². The molecule has 2 unspecified atom stereocenters. The van der Waals surface area contributed by atoms with Gasteiger partial charge in [0.15, 0.2) is 11.5 Å². The number of hydrogen-bond acceptors (Lipinski definition) is 4. The van der Waals surface area contributed by atoms with E-state index in [-0.39, 0.29) is 0 Å². The third-order valence-electron chi connectivity index (χ3n) is 6.02. The highest BCUT2D eigenvalue weighted by atomic mass is 16.3. The molecular formula is C22H25N3O. The minimum absolute atomic E-state index is 0.472. The molecule has 1 aromatic heterocycles. The quantitative estimate of drug-likeness (QED) is 0.708. The molecule has 1 aliphatic carbocycles. The van der Waals surface area contributed by atoms with Gasteiger partial charge in [0, 0.05) is 43.8 Å². The van der Waals surface area contributed by atoms with E-state index in [9.17, 15) is 0 Å². The second kappa shape index (κ2) is 6.76. The van der Waals surface area contributed by atoms with Crippen molar-refractivity contribution in [3.05, 3.63) is 60.5 Å². The predicted molar refractivity (Wildman–Crippen MR) is 105 cm³/mol. The van der Waals surface area contributed by atoms with Crippen molar-refractivity contribution in [3.8, 4) is 0 Å². The normalized spacial score (nSPS) is 24.4. The first-order valence-corrected chi connectivity index (χ1v) is 9.76. The number of benzene rings is 2. The Bertz CT molecular complexity index is 834. The van der Waals surface area contributed by atoms with Gasteiger partial charge in [0.1, 0.15) is 5.52 Å². The molecule has 0 spiro atoms. The minimum atomic E-state index is 0.472. The first-order chi connectivity index (χ1) is 12.9. The number of fused-ring (bicyclic) bond motifs is 1. The van der Waals surface area contributed by atoms with Gasteiger partial charge in [0.25, 0.3) is 0 Å². The highest BCUT2D eigenvalue weighted by Gasteiger charge is 2.34. The second-order valence-corrected chi connectivity index (χ2v) is 7.54. The number of hydrogen-bond donors (Lipinski definition) is 0. The van der Waals surface area contributed by atoms with Crippen molar-refractivity contribution >= 4 is 16.8 Å². The summed E-state index contributed by atoms with van der Waals surface area (Å²) in [6.45, 7) is 4.54. The standard InChI is InChI=1S/C22H25N3O/c1-2-6-18(7-3-1)24-12-14-25(15-13-24)19-11-10-17(16-19)22-23-20-8-4-5-9-21(20)26-22/h1-9,17,19H,10-16H2. The van der Waals surface area contributed by atoms with E-state index in [0.717, 1.165) is 43.2 Å². The molecule has 134 valence electrons. The molecule has 4 nitrogen and oxygen atoms in total. The van der Waals surface area contributed by atoms with Crippen LogP contribution in [0.15, 0.2) is 59.0 Å². The molecule has 2 fully saturated rings. The highest BCUT2D eigenvalue weighted by Crippen LogP contribution is 2.38. The average molecular weight is 347 g/mol. The lowest BCUT2D eigenvalue weighted by atomic mass is 10.1. The summed E-state index contributed by atoms with van der Waals surface area (Å²) in [5.41, 5.74) is 3.26. The topological polar surface area (TPSA) is 32.5 Å². The van der Waals surface area contributed by atoms with Gasteiger partial charge in [-0.1, -0.05) is 30.3 Å². The zero-order chi connectivity index (χ0) is 17.3. The van der Waals surface area contributed by atoms with Crippen LogP contribution in [0.3, 0.4) is 0 Å². The molecule has 2 aromatic carbocycles. The van der Waals surface area contributed by atoms with Crippen LogP contribution in [0.4, 0.5) is 5.69 Å². The molecule has 1 saturated carbocycles. The molecule has 0 amide bonds. The third-order valence-corrected chi connectivity index (χ3v) is 6.02. The highest BCUT2D eigenvalue weighted by molar-refractivity contribution is 5.72. The van der Waals surface area contributed by atoms with Crippen LogP contribution >= 0.6 is 0 Å². The van der Waals surface area contributed by atoms with Crippen molar-refractivity contribution in [2.45, 2.75) is 31.2 Å². The SMILES string of the molecule is c1ccc(N2CCN(C3CCC(c4nc5ccccc5o4)C3)CC2)cc1. The second-order valence-electron chi connectivity index (χ2n) is 7.54. The number of piperazine rings is 1. The Morgan fingerprint density at radius 3 is 2.42 bits per heavy atom. The minimum Gasteiger partial charge on any atom is -0.440 e. The van der Waals surface area contributed by atoms with Crippen molar-refractivity contribution in [3.63, 3.8) is 0 Å². The summed E-state index contributed by atoms with van der Waals surface area (Å²) in [6.07, 6.45) is 3.63. The van der Waals surface area contributed by atoms with Gasteiger partial charge in [-0.15, -0.1) is 0 Å². The lowest BCUT2D eigenvalue weighted by Gasteiger charge is -2.39. The van der Waals surface area contributed by atoms with Gasteiger partial charge >= 0.3 is 0 Å². The Balaban J connectivity index is 1.21. The van der Waals surface area contributed by atoms with Gasteiger partial charge in [-0.3, -0.25) is 4.90 Å². The molecule has 2 atom stereocenters. The number of nitrogens with zero attached hydrogens (tertiary/aromatic N) is 3.